The fraction of sp³-hybridized carbons (Fsp3) is 0.600. The molecule has 0 amide bonds. The van der Waals surface area contributed by atoms with Crippen LogP contribution < -0.4 is 0 Å². The maximum Gasteiger partial charge on any atom is 0.357 e. The number of hydrogen-bond acceptors (Lipinski definition) is 5. The minimum absolute atomic E-state index is 0.108. The highest BCUT2D eigenvalue weighted by Crippen LogP contribution is 2.22. The number of carbonyl (C=O) groups is 1. The summed E-state index contributed by atoms with van der Waals surface area (Å²) in [5.41, 5.74) is -0.108. The Morgan fingerprint density at radius 3 is 2.65 bits per heavy atom. The molecule has 0 bridgehead atoms. The molecule has 94 valence electrons. The van der Waals surface area contributed by atoms with Crippen LogP contribution in [-0.4, -0.2) is 36.0 Å². The van der Waals surface area contributed by atoms with E-state index >= 15 is 0 Å². The maximum absolute atomic E-state index is 11.2. The van der Waals surface area contributed by atoms with E-state index < -0.39 is 15.8 Å². The Morgan fingerprint density at radius 1 is 1.47 bits per heavy atom. The fourth-order valence-corrected chi connectivity index (χ4v) is 3.48. The molecule has 1 aromatic rings. The van der Waals surface area contributed by atoms with E-state index in [-0.39, 0.29) is 23.1 Å². The highest BCUT2D eigenvalue weighted by molar-refractivity contribution is 7.91. The van der Waals surface area contributed by atoms with E-state index in [1.807, 2.05) is 0 Å². The van der Waals surface area contributed by atoms with E-state index in [2.05, 4.69) is 4.98 Å². The van der Waals surface area contributed by atoms with Crippen molar-refractivity contribution in [1.29, 1.82) is 0 Å². The lowest BCUT2D eigenvalue weighted by atomic mass is 9.99. The van der Waals surface area contributed by atoms with Crippen molar-refractivity contribution in [2.45, 2.75) is 19.3 Å². The maximum atomic E-state index is 11.2. The Morgan fingerprint density at radius 2 is 2.12 bits per heavy atom. The standard InChI is InChI=1S/C10H13NO5S/c12-10(13)8-6-16-9(11-8)5-7-1-3-17(14,15)4-2-7/h6-7H,1-5H2,(H,12,13). The van der Waals surface area contributed by atoms with Crippen molar-refractivity contribution in [3.8, 4) is 0 Å². The third kappa shape index (κ3) is 3.06. The topological polar surface area (TPSA) is 97.5 Å². The molecule has 0 unspecified atom stereocenters. The van der Waals surface area contributed by atoms with Crippen LogP contribution in [0.5, 0.6) is 0 Å². The third-order valence-electron chi connectivity index (χ3n) is 2.91. The smallest absolute Gasteiger partial charge is 0.357 e. The number of sulfone groups is 1. The van der Waals surface area contributed by atoms with Gasteiger partial charge in [-0.25, -0.2) is 18.2 Å². The van der Waals surface area contributed by atoms with Gasteiger partial charge in [-0.3, -0.25) is 0 Å². The molecule has 7 heteroatoms. The van der Waals surface area contributed by atoms with Gasteiger partial charge in [-0.15, -0.1) is 0 Å². The van der Waals surface area contributed by atoms with Crippen LogP contribution in [0, 0.1) is 5.92 Å². The summed E-state index contributed by atoms with van der Waals surface area (Å²) in [4.78, 5) is 14.4. The summed E-state index contributed by atoms with van der Waals surface area (Å²) in [6.45, 7) is 0. The molecule has 17 heavy (non-hydrogen) atoms. The van der Waals surface area contributed by atoms with Crippen LogP contribution in [0.1, 0.15) is 29.2 Å². The molecule has 1 aromatic heterocycles. The Kier molecular flexibility index (Phi) is 3.19. The number of nitrogens with zero attached hydrogens (tertiary/aromatic N) is 1. The number of carboxylic acid groups (broad SMARTS) is 1. The van der Waals surface area contributed by atoms with Crippen molar-refractivity contribution < 1.29 is 22.7 Å². The zero-order valence-electron chi connectivity index (χ0n) is 9.13. The predicted octanol–water partition coefficient (Wildman–Crippen LogP) is 0.740. The molecule has 1 aliphatic rings. The minimum atomic E-state index is -2.86. The number of oxazole rings is 1. The molecule has 2 heterocycles. The Labute approximate surface area is 98.6 Å². The van der Waals surface area contributed by atoms with Crippen LogP contribution in [0.15, 0.2) is 10.7 Å². The highest BCUT2D eigenvalue weighted by atomic mass is 32.2. The van der Waals surface area contributed by atoms with Crippen molar-refractivity contribution in [1.82, 2.24) is 4.98 Å². The van der Waals surface area contributed by atoms with Crippen LogP contribution in [0.25, 0.3) is 0 Å². The molecule has 1 aliphatic heterocycles. The number of aromatic nitrogens is 1. The first-order valence-electron chi connectivity index (χ1n) is 5.34. The molecule has 1 N–H and O–H groups in total. The second-order valence-corrected chi connectivity index (χ2v) is 6.53. The molecule has 6 nitrogen and oxygen atoms in total. The first-order chi connectivity index (χ1) is 7.96. The summed E-state index contributed by atoms with van der Waals surface area (Å²) in [6.07, 6.45) is 2.79. The summed E-state index contributed by atoms with van der Waals surface area (Å²) in [7, 11) is -2.86. The second-order valence-electron chi connectivity index (χ2n) is 4.23. The zero-order chi connectivity index (χ0) is 12.5. The van der Waals surface area contributed by atoms with Gasteiger partial charge in [0.2, 0.25) is 0 Å². The van der Waals surface area contributed by atoms with Gasteiger partial charge in [-0.2, -0.15) is 0 Å². The molecule has 1 saturated heterocycles. The normalized spacial score (nSPS) is 20.2. The molecule has 1 fully saturated rings. The summed E-state index contributed by atoms with van der Waals surface area (Å²) in [5.74, 6) is -0.148. The Balaban J connectivity index is 1.95. The van der Waals surface area contributed by atoms with E-state index in [1.165, 1.54) is 0 Å². The van der Waals surface area contributed by atoms with Crippen molar-refractivity contribution in [3.05, 3.63) is 17.8 Å². The van der Waals surface area contributed by atoms with Crippen LogP contribution in [0.4, 0.5) is 0 Å². The quantitative estimate of drug-likeness (QED) is 0.859. The average Bonchev–Trinajstić information content (AvgIpc) is 2.70. The Bertz CT molecular complexity index is 505. The van der Waals surface area contributed by atoms with Crippen molar-refractivity contribution in [3.63, 3.8) is 0 Å². The van der Waals surface area contributed by atoms with Gasteiger partial charge in [0.1, 0.15) is 16.1 Å². The fourth-order valence-electron chi connectivity index (χ4n) is 1.89. The predicted molar refractivity (Wildman–Crippen MR) is 58.5 cm³/mol. The summed E-state index contributed by atoms with van der Waals surface area (Å²) >= 11 is 0. The van der Waals surface area contributed by atoms with Gasteiger partial charge in [0.05, 0.1) is 11.5 Å². The molecule has 0 radical (unpaired) electrons. The SMILES string of the molecule is O=C(O)c1coc(CC2CCS(=O)(=O)CC2)n1. The molecule has 0 saturated carbocycles. The van der Waals surface area contributed by atoms with E-state index in [0.29, 0.717) is 25.2 Å². The molecule has 0 spiro atoms. The molecule has 0 aliphatic carbocycles. The number of carboxylic acids is 1. The average molecular weight is 259 g/mol. The number of aromatic carboxylic acids is 1. The molecule has 2 rings (SSSR count). The molecule has 0 atom stereocenters. The summed E-state index contributed by atoms with van der Waals surface area (Å²) < 4.78 is 27.5. The number of rotatable bonds is 3. The monoisotopic (exact) mass is 259 g/mol. The van der Waals surface area contributed by atoms with Crippen molar-refractivity contribution in [2.24, 2.45) is 5.92 Å². The zero-order valence-corrected chi connectivity index (χ0v) is 9.94. The van der Waals surface area contributed by atoms with E-state index in [9.17, 15) is 13.2 Å². The first kappa shape index (κ1) is 12.1. The summed E-state index contributed by atoms with van der Waals surface area (Å²) in [5, 5.41) is 8.67. The van der Waals surface area contributed by atoms with Crippen LogP contribution in [0.3, 0.4) is 0 Å². The van der Waals surface area contributed by atoms with Gasteiger partial charge in [-0.1, -0.05) is 0 Å². The minimum Gasteiger partial charge on any atom is -0.476 e. The van der Waals surface area contributed by atoms with E-state index in [4.69, 9.17) is 9.52 Å². The van der Waals surface area contributed by atoms with Gasteiger partial charge >= 0.3 is 5.97 Å². The molecular formula is C10H13NO5S. The Hall–Kier alpha value is -1.37. The van der Waals surface area contributed by atoms with Gasteiger partial charge in [0.15, 0.2) is 11.6 Å². The van der Waals surface area contributed by atoms with Crippen LogP contribution in [0.2, 0.25) is 0 Å². The molecule has 0 aromatic carbocycles. The van der Waals surface area contributed by atoms with Crippen LogP contribution >= 0.6 is 0 Å². The number of hydrogen-bond donors (Lipinski definition) is 1. The van der Waals surface area contributed by atoms with E-state index in [0.717, 1.165) is 6.26 Å². The summed E-state index contributed by atoms with van der Waals surface area (Å²) in [6, 6.07) is 0. The lowest BCUT2D eigenvalue weighted by Gasteiger charge is -2.20. The van der Waals surface area contributed by atoms with Gasteiger partial charge in [0, 0.05) is 6.42 Å². The lowest BCUT2D eigenvalue weighted by molar-refractivity contribution is 0.0690. The highest BCUT2D eigenvalue weighted by Gasteiger charge is 2.25. The van der Waals surface area contributed by atoms with Gasteiger partial charge in [0.25, 0.3) is 0 Å². The second kappa shape index (κ2) is 4.48. The van der Waals surface area contributed by atoms with Gasteiger partial charge in [-0.05, 0) is 18.8 Å². The largest absolute Gasteiger partial charge is 0.476 e. The van der Waals surface area contributed by atoms with Crippen molar-refractivity contribution in [2.75, 3.05) is 11.5 Å². The van der Waals surface area contributed by atoms with Gasteiger partial charge < -0.3 is 9.52 Å². The van der Waals surface area contributed by atoms with Crippen LogP contribution in [-0.2, 0) is 16.3 Å². The first-order valence-corrected chi connectivity index (χ1v) is 7.16. The van der Waals surface area contributed by atoms with Crippen molar-refractivity contribution >= 4 is 15.8 Å². The van der Waals surface area contributed by atoms with E-state index in [1.54, 1.807) is 0 Å². The molecular weight excluding hydrogens is 246 g/mol. The lowest BCUT2D eigenvalue weighted by Crippen LogP contribution is -2.24. The third-order valence-corrected chi connectivity index (χ3v) is 4.62.